The smallest absolute Gasteiger partial charge is 0.223 e. The number of aromatic nitrogens is 2. The SMILES string of the molecule is CCN(CCNC(=O)C1CCN(c2ccc(-c3cccc(C)c3)nn2)CC1)Cc1ccccc1. The average Bonchev–Trinajstić information content (AvgIpc) is 2.89. The third-order valence-electron chi connectivity index (χ3n) is 6.58. The van der Waals surface area contributed by atoms with E-state index in [1.54, 1.807) is 0 Å². The molecule has 0 radical (unpaired) electrons. The standard InChI is InChI=1S/C28H35N5O/c1-3-32(21-23-9-5-4-6-10-23)19-16-29-28(34)24-14-17-33(18-15-24)27-13-12-26(30-31-27)25-11-7-8-22(2)20-25/h4-13,20,24H,3,14-19,21H2,1-2H3,(H,29,34). The fourth-order valence-corrected chi connectivity index (χ4v) is 4.50. The van der Waals surface area contributed by atoms with E-state index in [9.17, 15) is 4.79 Å². The van der Waals surface area contributed by atoms with Gasteiger partial charge in [0.25, 0.3) is 0 Å². The molecule has 178 valence electrons. The highest BCUT2D eigenvalue weighted by atomic mass is 16.1. The molecule has 2 heterocycles. The molecule has 0 spiro atoms. The Balaban J connectivity index is 1.21. The van der Waals surface area contributed by atoms with Gasteiger partial charge in [-0.1, -0.05) is 61.0 Å². The van der Waals surface area contributed by atoms with E-state index < -0.39 is 0 Å². The lowest BCUT2D eigenvalue weighted by atomic mass is 9.96. The summed E-state index contributed by atoms with van der Waals surface area (Å²) in [4.78, 5) is 17.3. The lowest BCUT2D eigenvalue weighted by Crippen LogP contribution is -2.42. The van der Waals surface area contributed by atoms with Gasteiger partial charge < -0.3 is 10.2 Å². The van der Waals surface area contributed by atoms with Gasteiger partial charge in [0.1, 0.15) is 0 Å². The van der Waals surface area contributed by atoms with Crippen LogP contribution in [0.15, 0.2) is 66.7 Å². The summed E-state index contributed by atoms with van der Waals surface area (Å²) in [6, 6.07) is 22.8. The van der Waals surface area contributed by atoms with Crippen molar-refractivity contribution in [2.75, 3.05) is 37.6 Å². The summed E-state index contributed by atoms with van der Waals surface area (Å²) in [5.41, 5.74) is 4.48. The van der Waals surface area contributed by atoms with Gasteiger partial charge in [-0.15, -0.1) is 10.2 Å². The van der Waals surface area contributed by atoms with Crippen molar-refractivity contribution in [1.29, 1.82) is 0 Å². The van der Waals surface area contributed by atoms with E-state index in [-0.39, 0.29) is 11.8 Å². The van der Waals surface area contributed by atoms with Gasteiger partial charge in [-0.2, -0.15) is 0 Å². The molecule has 0 saturated carbocycles. The summed E-state index contributed by atoms with van der Waals surface area (Å²) in [7, 11) is 0. The predicted octanol–water partition coefficient (Wildman–Crippen LogP) is 4.31. The topological polar surface area (TPSA) is 61.4 Å². The van der Waals surface area contributed by atoms with Gasteiger partial charge in [0.15, 0.2) is 5.82 Å². The molecule has 34 heavy (non-hydrogen) atoms. The van der Waals surface area contributed by atoms with Gasteiger partial charge in [0.2, 0.25) is 5.91 Å². The summed E-state index contributed by atoms with van der Waals surface area (Å²) >= 11 is 0. The molecule has 4 rings (SSSR count). The van der Waals surface area contributed by atoms with Crippen LogP contribution in [0.4, 0.5) is 5.82 Å². The number of anilines is 1. The molecule has 1 aliphatic heterocycles. The third-order valence-corrected chi connectivity index (χ3v) is 6.58. The number of rotatable bonds is 9. The molecule has 6 heteroatoms. The Bertz CT molecular complexity index is 1050. The monoisotopic (exact) mass is 457 g/mol. The van der Waals surface area contributed by atoms with Crippen LogP contribution < -0.4 is 10.2 Å². The number of piperidine rings is 1. The second-order valence-electron chi connectivity index (χ2n) is 9.05. The van der Waals surface area contributed by atoms with Crippen LogP contribution in [0.1, 0.15) is 30.9 Å². The zero-order valence-electron chi connectivity index (χ0n) is 20.3. The number of aryl methyl sites for hydroxylation is 1. The summed E-state index contributed by atoms with van der Waals surface area (Å²) in [5, 5.41) is 12.1. The van der Waals surface area contributed by atoms with E-state index in [4.69, 9.17) is 0 Å². The van der Waals surface area contributed by atoms with Crippen LogP contribution in [0.25, 0.3) is 11.3 Å². The Morgan fingerprint density at radius 1 is 1.03 bits per heavy atom. The maximum absolute atomic E-state index is 12.7. The highest BCUT2D eigenvalue weighted by Gasteiger charge is 2.25. The molecule has 2 aromatic carbocycles. The van der Waals surface area contributed by atoms with Gasteiger partial charge in [0, 0.05) is 44.2 Å². The van der Waals surface area contributed by atoms with Crippen LogP contribution in [0.2, 0.25) is 0 Å². The van der Waals surface area contributed by atoms with E-state index in [1.807, 2.05) is 24.3 Å². The number of nitrogens with one attached hydrogen (secondary N) is 1. The summed E-state index contributed by atoms with van der Waals surface area (Å²) in [6.45, 7) is 9.32. The molecule has 1 aromatic heterocycles. The molecular weight excluding hydrogens is 422 g/mol. The molecule has 1 fully saturated rings. The second-order valence-corrected chi connectivity index (χ2v) is 9.05. The van der Waals surface area contributed by atoms with Crippen molar-refractivity contribution in [3.8, 4) is 11.3 Å². The van der Waals surface area contributed by atoms with Gasteiger partial charge >= 0.3 is 0 Å². The number of hydrogen-bond donors (Lipinski definition) is 1. The molecule has 6 nitrogen and oxygen atoms in total. The quantitative estimate of drug-likeness (QED) is 0.519. The van der Waals surface area contributed by atoms with Crippen LogP contribution in [0.5, 0.6) is 0 Å². The second kappa shape index (κ2) is 11.7. The van der Waals surface area contributed by atoms with Crippen molar-refractivity contribution in [2.24, 2.45) is 5.92 Å². The van der Waals surface area contributed by atoms with Crippen LogP contribution in [-0.4, -0.2) is 53.7 Å². The zero-order valence-corrected chi connectivity index (χ0v) is 20.3. The van der Waals surface area contributed by atoms with Gasteiger partial charge in [-0.05, 0) is 50.1 Å². The first-order chi connectivity index (χ1) is 16.6. The first-order valence-electron chi connectivity index (χ1n) is 12.3. The number of carbonyl (C=O) groups is 1. The molecule has 1 amide bonds. The first-order valence-corrected chi connectivity index (χ1v) is 12.3. The maximum Gasteiger partial charge on any atom is 0.223 e. The number of nitrogens with zero attached hydrogens (tertiary/aromatic N) is 4. The van der Waals surface area contributed by atoms with Gasteiger partial charge in [0.05, 0.1) is 5.69 Å². The normalized spacial score (nSPS) is 14.4. The summed E-state index contributed by atoms with van der Waals surface area (Å²) in [6.07, 6.45) is 1.68. The predicted molar refractivity (Wildman–Crippen MR) is 138 cm³/mol. The highest BCUT2D eigenvalue weighted by molar-refractivity contribution is 5.79. The first kappa shape index (κ1) is 23.9. The Hall–Kier alpha value is -3.25. The van der Waals surface area contributed by atoms with Gasteiger partial charge in [-0.25, -0.2) is 0 Å². The van der Waals surface area contributed by atoms with Gasteiger partial charge in [-0.3, -0.25) is 9.69 Å². The Kier molecular flexibility index (Phi) is 8.26. The maximum atomic E-state index is 12.7. The molecular formula is C28H35N5O. The fraction of sp³-hybridized carbons (Fsp3) is 0.393. The largest absolute Gasteiger partial charge is 0.355 e. The average molecular weight is 458 g/mol. The summed E-state index contributed by atoms with van der Waals surface area (Å²) < 4.78 is 0. The van der Waals surface area contributed by atoms with Crippen molar-refractivity contribution < 1.29 is 4.79 Å². The molecule has 1 aliphatic rings. The number of amides is 1. The minimum atomic E-state index is 0.0694. The van der Waals surface area contributed by atoms with E-state index in [0.29, 0.717) is 6.54 Å². The minimum absolute atomic E-state index is 0.0694. The molecule has 1 saturated heterocycles. The number of benzene rings is 2. The van der Waals surface area contributed by atoms with Crippen molar-refractivity contribution in [1.82, 2.24) is 20.4 Å². The van der Waals surface area contributed by atoms with Crippen molar-refractivity contribution in [3.05, 3.63) is 77.9 Å². The van der Waals surface area contributed by atoms with E-state index in [0.717, 1.165) is 62.6 Å². The fourth-order valence-electron chi connectivity index (χ4n) is 4.50. The van der Waals surface area contributed by atoms with E-state index in [1.165, 1.54) is 11.1 Å². The molecule has 3 aromatic rings. The number of carbonyl (C=O) groups excluding carboxylic acids is 1. The minimum Gasteiger partial charge on any atom is -0.355 e. The van der Waals surface area contributed by atoms with Crippen LogP contribution >= 0.6 is 0 Å². The number of likely N-dealkylation sites (N-methyl/N-ethyl adjacent to an activating group) is 1. The third kappa shape index (κ3) is 6.41. The van der Waals surface area contributed by atoms with Crippen LogP contribution in [0, 0.1) is 12.8 Å². The molecule has 0 atom stereocenters. The van der Waals surface area contributed by atoms with Crippen molar-refractivity contribution in [3.63, 3.8) is 0 Å². The Labute approximate surface area is 203 Å². The van der Waals surface area contributed by atoms with E-state index in [2.05, 4.69) is 81.6 Å². The number of hydrogen-bond acceptors (Lipinski definition) is 5. The molecule has 0 aliphatic carbocycles. The highest BCUT2D eigenvalue weighted by Crippen LogP contribution is 2.24. The Morgan fingerprint density at radius 2 is 1.82 bits per heavy atom. The zero-order chi connectivity index (χ0) is 23.8. The van der Waals surface area contributed by atoms with Crippen molar-refractivity contribution in [2.45, 2.75) is 33.2 Å². The summed E-state index contributed by atoms with van der Waals surface area (Å²) in [5.74, 6) is 1.13. The molecule has 0 unspecified atom stereocenters. The lowest BCUT2D eigenvalue weighted by molar-refractivity contribution is -0.125. The molecule has 0 bridgehead atoms. The van der Waals surface area contributed by atoms with E-state index >= 15 is 0 Å². The van der Waals surface area contributed by atoms with Crippen LogP contribution in [0.3, 0.4) is 0 Å². The van der Waals surface area contributed by atoms with Crippen molar-refractivity contribution >= 4 is 11.7 Å². The lowest BCUT2D eigenvalue weighted by Gasteiger charge is -2.32. The Morgan fingerprint density at radius 3 is 2.50 bits per heavy atom. The van der Waals surface area contributed by atoms with Crippen LogP contribution in [-0.2, 0) is 11.3 Å². The molecule has 1 N–H and O–H groups in total.